The summed E-state index contributed by atoms with van der Waals surface area (Å²) < 4.78 is 29.1. The highest BCUT2D eigenvalue weighted by atomic mass is 79.9. The predicted octanol–water partition coefficient (Wildman–Crippen LogP) is 3.84. The highest BCUT2D eigenvalue weighted by molar-refractivity contribution is 9.10. The maximum Gasteiger partial charge on any atom is 0.165 e. The summed E-state index contributed by atoms with van der Waals surface area (Å²) in [5.41, 5.74) is -0.949. The number of hydrogen-bond acceptors (Lipinski definition) is 2. The molecule has 0 bridgehead atoms. The molecular formula is C17H22BrF2NO. The number of likely N-dealkylation sites (tertiary alicyclic amines) is 1. The van der Waals surface area contributed by atoms with Crippen LogP contribution in [0.25, 0.3) is 0 Å². The van der Waals surface area contributed by atoms with E-state index in [0.29, 0.717) is 16.5 Å². The van der Waals surface area contributed by atoms with Gasteiger partial charge in [-0.15, -0.1) is 0 Å². The molecule has 0 radical (unpaired) electrons. The summed E-state index contributed by atoms with van der Waals surface area (Å²) >= 11 is 3.34. The lowest BCUT2D eigenvalue weighted by atomic mass is 9.65. The molecule has 0 amide bonds. The number of nitrogens with zero attached hydrogens (tertiary/aromatic N) is 1. The Balaban J connectivity index is 2.16. The van der Waals surface area contributed by atoms with E-state index >= 15 is 0 Å². The first kappa shape index (κ1) is 16.3. The van der Waals surface area contributed by atoms with Gasteiger partial charge in [-0.3, -0.25) is 0 Å². The van der Waals surface area contributed by atoms with E-state index in [4.69, 9.17) is 0 Å². The molecule has 0 aromatic heterocycles. The van der Waals surface area contributed by atoms with Crippen molar-refractivity contribution in [2.24, 2.45) is 11.3 Å². The highest BCUT2D eigenvalue weighted by Crippen LogP contribution is 2.58. The molecule has 5 heteroatoms. The average molecular weight is 374 g/mol. The second-order valence-corrected chi connectivity index (χ2v) is 8.27. The lowest BCUT2D eigenvalue weighted by Gasteiger charge is -2.46. The van der Waals surface area contributed by atoms with Crippen LogP contribution in [0, 0.1) is 23.0 Å². The summed E-state index contributed by atoms with van der Waals surface area (Å²) in [6.07, 6.45) is 2.13. The van der Waals surface area contributed by atoms with Crippen molar-refractivity contribution in [3.63, 3.8) is 0 Å². The largest absolute Gasteiger partial charge is 0.384 e. The number of piperidine rings is 1. The second kappa shape index (κ2) is 5.25. The summed E-state index contributed by atoms with van der Waals surface area (Å²) in [5.74, 6) is -1.83. The lowest BCUT2D eigenvalue weighted by Crippen LogP contribution is -2.49. The Labute approximate surface area is 138 Å². The summed E-state index contributed by atoms with van der Waals surface area (Å²) in [4.78, 5) is 2.21. The van der Waals surface area contributed by atoms with Crippen molar-refractivity contribution < 1.29 is 13.9 Å². The fourth-order valence-electron chi connectivity index (χ4n) is 4.30. The van der Waals surface area contributed by atoms with Crippen LogP contribution in [0.2, 0.25) is 0 Å². The Kier molecular flexibility index (Phi) is 3.90. The fraction of sp³-hybridized carbons (Fsp3) is 0.647. The molecule has 1 saturated heterocycles. The molecule has 1 N–H and O–H groups in total. The standard InChI is InChI=1S/C17H22BrF2NO/c1-16(2)9-11-12(18)8-13(19)15(20)14(11)17(16,22)10-4-6-21(3)7-5-10/h8,10,22H,4-7,9H2,1-3H3. The molecule has 0 spiro atoms. The van der Waals surface area contributed by atoms with Gasteiger partial charge in [0.25, 0.3) is 0 Å². The SMILES string of the molecule is CN1CCC(C2(O)c3c(F)c(F)cc(Br)c3CC2(C)C)CC1. The normalized spacial score (nSPS) is 28.9. The number of aliphatic hydroxyl groups is 1. The predicted molar refractivity (Wildman–Crippen MR) is 85.7 cm³/mol. The minimum atomic E-state index is -1.32. The molecule has 22 heavy (non-hydrogen) atoms. The van der Waals surface area contributed by atoms with Crippen molar-refractivity contribution in [2.45, 2.75) is 38.7 Å². The molecule has 1 aliphatic carbocycles. The summed E-state index contributed by atoms with van der Waals surface area (Å²) in [7, 11) is 2.05. The molecule has 122 valence electrons. The smallest absolute Gasteiger partial charge is 0.165 e. The molecule has 1 aliphatic heterocycles. The van der Waals surface area contributed by atoms with Crippen molar-refractivity contribution in [3.8, 4) is 0 Å². The minimum Gasteiger partial charge on any atom is -0.384 e. The maximum absolute atomic E-state index is 14.6. The van der Waals surface area contributed by atoms with Gasteiger partial charge in [0.05, 0.1) is 0 Å². The van der Waals surface area contributed by atoms with Gasteiger partial charge in [0.1, 0.15) is 5.60 Å². The van der Waals surface area contributed by atoms with E-state index in [0.717, 1.165) is 25.9 Å². The van der Waals surface area contributed by atoms with E-state index < -0.39 is 22.7 Å². The third kappa shape index (κ3) is 2.16. The van der Waals surface area contributed by atoms with Gasteiger partial charge in [-0.2, -0.15) is 0 Å². The highest BCUT2D eigenvalue weighted by Gasteiger charge is 2.58. The van der Waals surface area contributed by atoms with Crippen LogP contribution < -0.4 is 0 Å². The quantitative estimate of drug-likeness (QED) is 0.756. The first-order valence-electron chi connectivity index (χ1n) is 7.76. The summed E-state index contributed by atoms with van der Waals surface area (Å²) in [6, 6.07) is 1.17. The van der Waals surface area contributed by atoms with Gasteiger partial charge in [0, 0.05) is 15.5 Å². The van der Waals surface area contributed by atoms with E-state index in [1.165, 1.54) is 6.07 Å². The zero-order chi connectivity index (χ0) is 16.3. The third-order valence-electron chi connectivity index (χ3n) is 5.61. The van der Waals surface area contributed by atoms with Crippen molar-refractivity contribution in [3.05, 3.63) is 33.3 Å². The monoisotopic (exact) mass is 373 g/mol. The van der Waals surface area contributed by atoms with E-state index in [1.807, 2.05) is 20.9 Å². The van der Waals surface area contributed by atoms with Crippen LogP contribution in [0.3, 0.4) is 0 Å². The van der Waals surface area contributed by atoms with Crippen molar-refractivity contribution in [1.29, 1.82) is 0 Å². The van der Waals surface area contributed by atoms with Crippen LogP contribution in [0.15, 0.2) is 10.5 Å². The van der Waals surface area contributed by atoms with E-state index in [1.54, 1.807) is 0 Å². The average Bonchev–Trinajstić information content (AvgIpc) is 2.66. The second-order valence-electron chi connectivity index (χ2n) is 7.41. The molecule has 1 heterocycles. The van der Waals surface area contributed by atoms with Gasteiger partial charge in [0.15, 0.2) is 11.6 Å². The fourth-order valence-corrected chi connectivity index (χ4v) is 4.84. The van der Waals surface area contributed by atoms with Crippen LogP contribution in [0.5, 0.6) is 0 Å². The minimum absolute atomic E-state index is 0.0526. The molecular weight excluding hydrogens is 352 g/mol. The molecule has 1 aromatic carbocycles. The number of hydrogen-bond donors (Lipinski definition) is 1. The summed E-state index contributed by atoms with van der Waals surface area (Å²) in [5, 5.41) is 11.6. The molecule has 1 fully saturated rings. The van der Waals surface area contributed by atoms with Crippen molar-refractivity contribution in [1.82, 2.24) is 4.90 Å². The summed E-state index contributed by atoms with van der Waals surface area (Å²) in [6.45, 7) is 5.65. The van der Waals surface area contributed by atoms with Gasteiger partial charge < -0.3 is 10.0 Å². The van der Waals surface area contributed by atoms with Crippen LogP contribution >= 0.6 is 15.9 Å². The van der Waals surface area contributed by atoms with Gasteiger partial charge in [-0.25, -0.2) is 8.78 Å². The number of fused-ring (bicyclic) bond motifs is 1. The molecule has 2 nitrogen and oxygen atoms in total. The molecule has 0 saturated carbocycles. The number of rotatable bonds is 1. The van der Waals surface area contributed by atoms with Gasteiger partial charge in [-0.05, 0) is 56.9 Å². The van der Waals surface area contributed by atoms with Gasteiger partial charge >= 0.3 is 0 Å². The van der Waals surface area contributed by atoms with Gasteiger partial charge in [-0.1, -0.05) is 29.8 Å². The number of benzene rings is 1. The van der Waals surface area contributed by atoms with E-state index in [9.17, 15) is 13.9 Å². The maximum atomic E-state index is 14.6. The Bertz CT molecular complexity index is 611. The van der Waals surface area contributed by atoms with Crippen molar-refractivity contribution in [2.75, 3.05) is 20.1 Å². The zero-order valence-electron chi connectivity index (χ0n) is 13.2. The lowest BCUT2D eigenvalue weighted by molar-refractivity contribution is -0.123. The van der Waals surface area contributed by atoms with E-state index in [2.05, 4.69) is 20.8 Å². The molecule has 1 unspecified atom stereocenters. The topological polar surface area (TPSA) is 23.5 Å². The molecule has 3 rings (SSSR count). The molecule has 2 aliphatic rings. The van der Waals surface area contributed by atoms with Crippen LogP contribution in [0.1, 0.15) is 37.8 Å². The van der Waals surface area contributed by atoms with Crippen molar-refractivity contribution >= 4 is 15.9 Å². The Morgan fingerprint density at radius 3 is 2.45 bits per heavy atom. The zero-order valence-corrected chi connectivity index (χ0v) is 14.8. The van der Waals surface area contributed by atoms with Gasteiger partial charge in [0.2, 0.25) is 0 Å². The van der Waals surface area contributed by atoms with Crippen LogP contribution in [0.4, 0.5) is 8.78 Å². The number of halogens is 3. The Morgan fingerprint density at radius 2 is 1.86 bits per heavy atom. The van der Waals surface area contributed by atoms with E-state index in [-0.39, 0.29) is 11.5 Å². The molecule has 1 atom stereocenters. The first-order chi connectivity index (χ1) is 10.2. The first-order valence-corrected chi connectivity index (χ1v) is 8.55. The van der Waals surface area contributed by atoms with Crippen LogP contribution in [-0.2, 0) is 12.0 Å². The Morgan fingerprint density at radius 1 is 1.27 bits per heavy atom. The molecule has 1 aromatic rings. The Hall–Kier alpha value is -0.520. The third-order valence-corrected chi connectivity index (χ3v) is 6.32. The van der Waals surface area contributed by atoms with Crippen LogP contribution in [-0.4, -0.2) is 30.1 Å².